The quantitative estimate of drug-likeness (QED) is 0.385. The molecule has 0 radical (unpaired) electrons. The molecule has 5 rings (SSSR count). The first-order chi connectivity index (χ1) is 15.6. The van der Waals surface area contributed by atoms with Crippen LogP contribution in [0, 0.1) is 0 Å². The Hall–Kier alpha value is -4.33. The molecular weight excluding hydrogens is 412 g/mol. The van der Waals surface area contributed by atoms with E-state index in [1.165, 1.54) is 12.0 Å². The summed E-state index contributed by atoms with van der Waals surface area (Å²) in [5.41, 5.74) is 1.09. The van der Waals surface area contributed by atoms with E-state index in [-0.39, 0.29) is 18.1 Å². The summed E-state index contributed by atoms with van der Waals surface area (Å²) in [7, 11) is 1.48. The largest absolute Gasteiger partial charge is 0.507 e. The maximum atomic E-state index is 13.2. The number of fused-ring (bicyclic) bond motifs is 1. The molecule has 1 aromatic heterocycles. The Morgan fingerprint density at radius 3 is 2.62 bits per heavy atom. The van der Waals surface area contributed by atoms with Crippen molar-refractivity contribution in [2.75, 3.05) is 18.8 Å². The van der Waals surface area contributed by atoms with Crippen molar-refractivity contribution in [3.63, 3.8) is 0 Å². The van der Waals surface area contributed by atoms with E-state index >= 15 is 0 Å². The summed E-state index contributed by atoms with van der Waals surface area (Å²) in [4.78, 5) is 32.1. The van der Waals surface area contributed by atoms with Crippen LogP contribution in [0.1, 0.15) is 17.3 Å². The predicted molar refractivity (Wildman–Crippen MR) is 115 cm³/mol. The third kappa shape index (κ3) is 3.04. The van der Waals surface area contributed by atoms with Gasteiger partial charge in [0.25, 0.3) is 11.7 Å². The van der Waals surface area contributed by atoms with Crippen molar-refractivity contribution in [2.24, 2.45) is 0 Å². The Kier molecular flexibility index (Phi) is 4.74. The Morgan fingerprint density at radius 2 is 1.84 bits per heavy atom. The SMILES string of the molecule is COc1ccccc1N1C(=O)C(=O)/C(=C(\O)c2ccc3c(c2)OCO3)C1c1ccccn1. The van der Waals surface area contributed by atoms with Crippen LogP contribution in [0.5, 0.6) is 17.2 Å². The van der Waals surface area contributed by atoms with E-state index in [0.717, 1.165) is 0 Å². The fraction of sp³-hybridized carbons (Fsp3) is 0.125. The molecule has 8 heteroatoms. The lowest BCUT2D eigenvalue weighted by Crippen LogP contribution is -2.30. The van der Waals surface area contributed by atoms with Gasteiger partial charge in [-0.1, -0.05) is 18.2 Å². The van der Waals surface area contributed by atoms with Crippen molar-refractivity contribution in [1.82, 2.24) is 4.98 Å². The first-order valence-electron chi connectivity index (χ1n) is 9.85. The van der Waals surface area contributed by atoms with Gasteiger partial charge < -0.3 is 19.3 Å². The third-order valence-electron chi connectivity index (χ3n) is 5.40. The number of carbonyl (C=O) groups excluding carboxylic acids is 2. The summed E-state index contributed by atoms with van der Waals surface area (Å²) >= 11 is 0. The molecule has 32 heavy (non-hydrogen) atoms. The Balaban J connectivity index is 1.72. The molecule has 1 amide bonds. The van der Waals surface area contributed by atoms with Gasteiger partial charge in [-0.05, 0) is 42.5 Å². The molecule has 3 aromatic rings. The summed E-state index contributed by atoms with van der Waals surface area (Å²) in [6.07, 6.45) is 1.57. The number of hydrogen-bond acceptors (Lipinski definition) is 7. The van der Waals surface area contributed by atoms with Crippen molar-refractivity contribution in [2.45, 2.75) is 6.04 Å². The molecule has 0 saturated carbocycles. The highest BCUT2D eigenvalue weighted by Crippen LogP contribution is 2.45. The number of para-hydroxylation sites is 2. The van der Waals surface area contributed by atoms with Gasteiger partial charge in [0.2, 0.25) is 6.79 Å². The molecular formula is C24H18N2O6. The predicted octanol–water partition coefficient (Wildman–Crippen LogP) is 3.45. The molecule has 1 fully saturated rings. The number of nitrogens with zero attached hydrogens (tertiary/aromatic N) is 2. The monoisotopic (exact) mass is 430 g/mol. The number of ketones is 1. The van der Waals surface area contributed by atoms with Crippen LogP contribution in [-0.2, 0) is 9.59 Å². The molecule has 2 aromatic carbocycles. The molecule has 0 spiro atoms. The maximum absolute atomic E-state index is 13.2. The number of ether oxygens (including phenoxy) is 3. The number of methoxy groups -OCH3 is 1. The zero-order valence-electron chi connectivity index (χ0n) is 17.0. The number of aromatic nitrogens is 1. The summed E-state index contributed by atoms with van der Waals surface area (Å²) in [6.45, 7) is 0.0751. The lowest BCUT2D eigenvalue weighted by Gasteiger charge is -2.26. The fourth-order valence-electron chi connectivity index (χ4n) is 3.93. The first kappa shape index (κ1) is 19.6. The smallest absolute Gasteiger partial charge is 0.300 e. The molecule has 2 aliphatic rings. The van der Waals surface area contributed by atoms with E-state index in [4.69, 9.17) is 14.2 Å². The molecule has 1 unspecified atom stereocenters. The molecule has 8 nitrogen and oxygen atoms in total. The number of rotatable bonds is 4. The molecule has 0 aliphatic carbocycles. The zero-order chi connectivity index (χ0) is 22.2. The molecule has 1 saturated heterocycles. The number of carbonyl (C=O) groups is 2. The van der Waals surface area contributed by atoms with Crippen molar-refractivity contribution in [3.8, 4) is 17.2 Å². The second kappa shape index (κ2) is 7.73. The molecule has 2 aliphatic heterocycles. The van der Waals surface area contributed by atoms with E-state index in [1.54, 1.807) is 66.9 Å². The number of aliphatic hydroxyl groups is 1. The molecule has 3 heterocycles. The molecule has 1 N–H and O–H groups in total. The van der Waals surface area contributed by atoms with E-state index < -0.39 is 17.7 Å². The van der Waals surface area contributed by atoms with Gasteiger partial charge in [-0.25, -0.2) is 0 Å². The summed E-state index contributed by atoms with van der Waals surface area (Å²) in [6, 6.07) is 15.9. The summed E-state index contributed by atoms with van der Waals surface area (Å²) in [5, 5.41) is 11.2. The van der Waals surface area contributed by atoms with Crippen LogP contribution in [0.2, 0.25) is 0 Å². The van der Waals surface area contributed by atoms with Crippen LogP contribution in [0.15, 0.2) is 72.4 Å². The second-order valence-corrected chi connectivity index (χ2v) is 7.16. The van der Waals surface area contributed by atoms with E-state index in [0.29, 0.717) is 34.2 Å². The van der Waals surface area contributed by atoms with Crippen LogP contribution >= 0.6 is 0 Å². The molecule has 160 valence electrons. The average molecular weight is 430 g/mol. The fourth-order valence-corrected chi connectivity index (χ4v) is 3.93. The van der Waals surface area contributed by atoms with Gasteiger partial charge in [-0.3, -0.25) is 19.5 Å². The van der Waals surface area contributed by atoms with Crippen LogP contribution in [-0.4, -0.2) is 35.7 Å². The zero-order valence-corrected chi connectivity index (χ0v) is 17.0. The maximum Gasteiger partial charge on any atom is 0.300 e. The number of anilines is 1. The minimum Gasteiger partial charge on any atom is -0.507 e. The molecule has 1 atom stereocenters. The standard InChI is InChI=1S/C24H18N2O6/c1-30-17-8-3-2-7-16(17)26-21(15-6-4-5-11-25-15)20(23(28)24(26)29)22(27)14-9-10-18-19(12-14)32-13-31-18/h2-12,21,27H,13H2,1H3/b22-20-. The normalized spacial score (nSPS) is 18.8. The number of pyridine rings is 1. The highest BCUT2D eigenvalue weighted by molar-refractivity contribution is 6.51. The third-order valence-corrected chi connectivity index (χ3v) is 5.40. The highest BCUT2D eigenvalue weighted by atomic mass is 16.7. The van der Waals surface area contributed by atoms with Crippen molar-refractivity contribution >= 4 is 23.1 Å². The van der Waals surface area contributed by atoms with Gasteiger partial charge in [-0.15, -0.1) is 0 Å². The number of hydrogen-bond donors (Lipinski definition) is 1. The average Bonchev–Trinajstić information content (AvgIpc) is 3.41. The lowest BCUT2D eigenvalue weighted by molar-refractivity contribution is -0.132. The van der Waals surface area contributed by atoms with E-state index in [1.807, 2.05) is 0 Å². The van der Waals surface area contributed by atoms with Gasteiger partial charge in [0, 0.05) is 11.8 Å². The summed E-state index contributed by atoms with van der Waals surface area (Å²) in [5.74, 6) is -0.526. The van der Waals surface area contributed by atoms with Gasteiger partial charge in [0.05, 0.1) is 24.1 Å². The van der Waals surface area contributed by atoms with Crippen LogP contribution in [0.25, 0.3) is 5.76 Å². The van der Waals surface area contributed by atoms with E-state index in [9.17, 15) is 14.7 Å². The Bertz CT molecular complexity index is 1250. The van der Waals surface area contributed by atoms with Crippen LogP contribution in [0.4, 0.5) is 5.69 Å². The van der Waals surface area contributed by atoms with E-state index in [2.05, 4.69) is 4.98 Å². The van der Waals surface area contributed by atoms with Crippen LogP contribution < -0.4 is 19.1 Å². The van der Waals surface area contributed by atoms with Crippen molar-refractivity contribution < 1.29 is 28.9 Å². The number of amides is 1. The molecule has 0 bridgehead atoms. The number of Topliss-reactive ketones (excluding diaryl/α,β-unsaturated/α-hetero) is 1. The Morgan fingerprint density at radius 1 is 1.06 bits per heavy atom. The first-order valence-corrected chi connectivity index (χ1v) is 9.85. The van der Waals surface area contributed by atoms with Gasteiger partial charge in [0.15, 0.2) is 11.5 Å². The topological polar surface area (TPSA) is 98.2 Å². The van der Waals surface area contributed by atoms with Crippen molar-refractivity contribution in [3.05, 3.63) is 83.7 Å². The lowest BCUT2D eigenvalue weighted by atomic mass is 9.98. The van der Waals surface area contributed by atoms with Gasteiger partial charge >= 0.3 is 0 Å². The number of benzene rings is 2. The van der Waals surface area contributed by atoms with Gasteiger partial charge in [0.1, 0.15) is 17.6 Å². The van der Waals surface area contributed by atoms with Crippen molar-refractivity contribution in [1.29, 1.82) is 0 Å². The Labute approximate surface area is 183 Å². The summed E-state index contributed by atoms with van der Waals surface area (Å²) < 4.78 is 16.1. The van der Waals surface area contributed by atoms with Crippen LogP contribution in [0.3, 0.4) is 0 Å². The minimum atomic E-state index is -0.946. The number of aliphatic hydroxyl groups excluding tert-OH is 1. The minimum absolute atomic E-state index is 0.0709. The second-order valence-electron chi connectivity index (χ2n) is 7.16. The van der Waals surface area contributed by atoms with Gasteiger partial charge in [-0.2, -0.15) is 0 Å². The highest BCUT2D eigenvalue weighted by Gasteiger charge is 2.48.